The number of hydrogen-bond acceptors (Lipinski definition) is 5. The monoisotopic (exact) mass is 293 g/mol. The van der Waals surface area contributed by atoms with E-state index in [1.54, 1.807) is 0 Å². The van der Waals surface area contributed by atoms with Gasteiger partial charge in [-0.1, -0.05) is 0 Å². The number of amides is 1. The van der Waals surface area contributed by atoms with Gasteiger partial charge in [0, 0.05) is 20.1 Å². The van der Waals surface area contributed by atoms with Crippen molar-refractivity contribution in [1.29, 1.82) is 0 Å². The van der Waals surface area contributed by atoms with Crippen LogP contribution >= 0.6 is 0 Å². The lowest BCUT2D eigenvalue weighted by atomic mass is 10.0. The Morgan fingerprint density at radius 1 is 1.37 bits per heavy atom. The molecule has 0 radical (unpaired) electrons. The van der Waals surface area contributed by atoms with Crippen molar-refractivity contribution < 1.29 is 27.9 Å². The second-order valence-electron chi connectivity index (χ2n) is 4.72. The average Bonchev–Trinajstić information content (AvgIpc) is 2.27. The van der Waals surface area contributed by atoms with Crippen molar-refractivity contribution in [2.45, 2.75) is 25.8 Å². The van der Waals surface area contributed by atoms with Gasteiger partial charge in [0.2, 0.25) is 5.91 Å². The van der Waals surface area contributed by atoms with Crippen molar-refractivity contribution in [3.8, 4) is 0 Å². The van der Waals surface area contributed by atoms with E-state index in [1.807, 2.05) is 0 Å². The van der Waals surface area contributed by atoms with Gasteiger partial charge in [-0.25, -0.2) is 13.2 Å². The maximum atomic E-state index is 11.9. The molecule has 1 saturated heterocycles. The molecule has 0 aromatic rings. The smallest absolute Gasteiger partial charge is 0.327 e. The van der Waals surface area contributed by atoms with Crippen LogP contribution in [0.15, 0.2) is 0 Å². The zero-order valence-electron chi connectivity index (χ0n) is 10.8. The van der Waals surface area contributed by atoms with Crippen molar-refractivity contribution >= 4 is 21.7 Å². The third-order valence-corrected chi connectivity index (χ3v) is 4.75. The van der Waals surface area contributed by atoms with Crippen LogP contribution in [0.3, 0.4) is 0 Å². The summed E-state index contributed by atoms with van der Waals surface area (Å²) < 4.78 is 29.0. The topological polar surface area (TPSA) is 110 Å². The minimum absolute atomic E-state index is 0.00511. The third kappa shape index (κ3) is 6.02. The van der Waals surface area contributed by atoms with Gasteiger partial charge in [-0.3, -0.25) is 4.79 Å². The molecule has 7 nitrogen and oxygen atoms in total. The number of hydrogen-bond donors (Lipinski definition) is 2. The van der Waals surface area contributed by atoms with Crippen molar-refractivity contribution in [3.63, 3.8) is 0 Å². The van der Waals surface area contributed by atoms with E-state index in [0.717, 1.165) is 6.92 Å². The van der Waals surface area contributed by atoms with Crippen LogP contribution in [-0.2, 0) is 24.2 Å². The largest absolute Gasteiger partial charge is 0.480 e. The van der Waals surface area contributed by atoms with Crippen LogP contribution in [0.1, 0.15) is 19.8 Å². The number of carboxylic acid groups (broad SMARTS) is 1. The third-order valence-electron chi connectivity index (χ3n) is 2.93. The Morgan fingerprint density at radius 2 is 1.95 bits per heavy atom. The van der Waals surface area contributed by atoms with E-state index >= 15 is 0 Å². The molecule has 19 heavy (non-hydrogen) atoms. The molecule has 0 unspecified atom stereocenters. The Morgan fingerprint density at radius 3 is 2.42 bits per heavy atom. The molecule has 1 atom stereocenters. The molecule has 2 N–H and O–H groups in total. The molecular formula is C11H19NO6S. The predicted molar refractivity (Wildman–Crippen MR) is 67.4 cm³/mol. The molecule has 0 aromatic heterocycles. The molecule has 1 amide bonds. The number of aliphatic carboxylic acids is 1. The summed E-state index contributed by atoms with van der Waals surface area (Å²) in [4.78, 5) is 21.8. The summed E-state index contributed by atoms with van der Waals surface area (Å²) in [6.45, 7) is 2.23. The highest BCUT2D eigenvalue weighted by atomic mass is 32.2. The molecule has 8 heteroatoms. The van der Waals surface area contributed by atoms with Gasteiger partial charge in [0.25, 0.3) is 0 Å². The lowest BCUT2D eigenvalue weighted by Crippen LogP contribution is -2.45. The molecule has 1 rings (SSSR count). The number of ether oxygens (including phenoxy) is 1. The normalized spacial score (nSPS) is 18.8. The summed E-state index contributed by atoms with van der Waals surface area (Å²) in [5.41, 5.74) is 0. The van der Waals surface area contributed by atoms with Crippen LogP contribution in [0.4, 0.5) is 0 Å². The first kappa shape index (κ1) is 15.9. The predicted octanol–water partition coefficient (Wildman–Crippen LogP) is -0.583. The minimum atomic E-state index is -3.52. The number of sulfone groups is 1. The molecule has 0 bridgehead atoms. The molecular weight excluding hydrogens is 274 g/mol. The first-order chi connectivity index (χ1) is 8.80. The minimum Gasteiger partial charge on any atom is -0.480 e. The van der Waals surface area contributed by atoms with E-state index in [-0.39, 0.29) is 11.7 Å². The summed E-state index contributed by atoms with van der Waals surface area (Å²) in [5, 5.41) is 11.0. The lowest BCUT2D eigenvalue weighted by molar-refractivity contribution is -0.140. The standard InChI is InChI=1S/C11H19NO6S/c1-8(13)12-10(11(14)15)7-19(16,17)6-9-2-4-18-5-3-9/h9-10H,2-7H2,1H3,(H,12,13)(H,14,15)/t10-/m0/s1. The molecule has 1 fully saturated rings. The molecule has 110 valence electrons. The summed E-state index contributed by atoms with van der Waals surface area (Å²) in [7, 11) is -3.52. The van der Waals surface area contributed by atoms with Gasteiger partial charge in [0.05, 0.1) is 11.5 Å². The van der Waals surface area contributed by atoms with Crippen molar-refractivity contribution in [2.24, 2.45) is 5.92 Å². The maximum absolute atomic E-state index is 11.9. The van der Waals surface area contributed by atoms with E-state index in [0.29, 0.717) is 26.1 Å². The van der Waals surface area contributed by atoms with E-state index in [1.165, 1.54) is 0 Å². The summed E-state index contributed by atoms with van der Waals surface area (Å²) >= 11 is 0. The van der Waals surface area contributed by atoms with Gasteiger partial charge in [0.1, 0.15) is 6.04 Å². The lowest BCUT2D eigenvalue weighted by Gasteiger charge is -2.22. The second-order valence-corrected chi connectivity index (χ2v) is 6.88. The molecule has 1 aliphatic rings. The van der Waals surface area contributed by atoms with Crippen LogP contribution in [0.2, 0.25) is 0 Å². The van der Waals surface area contributed by atoms with Gasteiger partial charge in [-0.05, 0) is 18.8 Å². The van der Waals surface area contributed by atoms with E-state index in [4.69, 9.17) is 9.84 Å². The van der Waals surface area contributed by atoms with Gasteiger partial charge >= 0.3 is 5.97 Å². The number of rotatable bonds is 6. The second kappa shape index (κ2) is 6.85. The Bertz CT molecular complexity index is 426. The Kier molecular flexibility index (Phi) is 5.74. The van der Waals surface area contributed by atoms with Crippen molar-refractivity contribution in [2.75, 3.05) is 24.7 Å². The molecule has 1 heterocycles. The summed E-state index contributed by atoms with van der Waals surface area (Å²) in [5.74, 6) is -2.52. The number of carboxylic acids is 1. The van der Waals surface area contributed by atoms with Crippen LogP contribution in [0.5, 0.6) is 0 Å². The zero-order valence-corrected chi connectivity index (χ0v) is 11.6. The fraction of sp³-hybridized carbons (Fsp3) is 0.818. The van der Waals surface area contributed by atoms with Crippen molar-refractivity contribution in [3.05, 3.63) is 0 Å². The van der Waals surface area contributed by atoms with Crippen LogP contribution < -0.4 is 5.32 Å². The van der Waals surface area contributed by atoms with Crippen LogP contribution in [0, 0.1) is 5.92 Å². The van der Waals surface area contributed by atoms with Crippen molar-refractivity contribution in [1.82, 2.24) is 5.32 Å². The quantitative estimate of drug-likeness (QED) is 0.678. The Balaban J connectivity index is 2.59. The highest BCUT2D eigenvalue weighted by molar-refractivity contribution is 7.91. The van der Waals surface area contributed by atoms with E-state index < -0.39 is 33.5 Å². The Hall–Kier alpha value is -1.15. The zero-order chi connectivity index (χ0) is 14.5. The molecule has 0 aliphatic carbocycles. The highest BCUT2D eigenvalue weighted by Crippen LogP contribution is 2.17. The van der Waals surface area contributed by atoms with E-state index in [2.05, 4.69) is 5.32 Å². The first-order valence-corrected chi connectivity index (χ1v) is 7.90. The average molecular weight is 293 g/mol. The fourth-order valence-electron chi connectivity index (χ4n) is 2.01. The number of carbonyl (C=O) groups excluding carboxylic acids is 1. The number of nitrogens with one attached hydrogen (secondary N) is 1. The fourth-order valence-corrected chi connectivity index (χ4v) is 3.94. The maximum Gasteiger partial charge on any atom is 0.327 e. The van der Waals surface area contributed by atoms with Crippen LogP contribution in [0.25, 0.3) is 0 Å². The van der Waals surface area contributed by atoms with Gasteiger partial charge in [-0.2, -0.15) is 0 Å². The Labute approximate surface area is 112 Å². The molecule has 0 spiro atoms. The van der Waals surface area contributed by atoms with Gasteiger partial charge < -0.3 is 15.2 Å². The van der Waals surface area contributed by atoms with E-state index in [9.17, 15) is 18.0 Å². The summed E-state index contributed by atoms with van der Waals surface area (Å²) in [6.07, 6.45) is 1.33. The molecule has 0 saturated carbocycles. The van der Waals surface area contributed by atoms with Gasteiger partial charge in [0.15, 0.2) is 9.84 Å². The highest BCUT2D eigenvalue weighted by Gasteiger charge is 2.28. The summed E-state index contributed by atoms with van der Waals surface area (Å²) in [6, 6.07) is -1.39. The van der Waals surface area contributed by atoms with Gasteiger partial charge in [-0.15, -0.1) is 0 Å². The molecule has 0 aromatic carbocycles. The molecule has 1 aliphatic heterocycles. The SMILES string of the molecule is CC(=O)N[C@@H](CS(=O)(=O)CC1CCOCC1)C(=O)O. The first-order valence-electron chi connectivity index (χ1n) is 6.08. The van der Waals surface area contributed by atoms with Crippen LogP contribution in [-0.4, -0.2) is 56.2 Å². The number of carbonyl (C=O) groups is 2.